The monoisotopic (exact) mass is 274 g/mol. The number of benzene rings is 1. The molecule has 2 atom stereocenters. The van der Waals surface area contributed by atoms with E-state index in [4.69, 9.17) is 4.74 Å². The summed E-state index contributed by atoms with van der Waals surface area (Å²) in [5.74, 6) is 0.968. The van der Waals surface area contributed by atoms with Crippen molar-refractivity contribution >= 4 is 0 Å². The van der Waals surface area contributed by atoms with Crippen molar-refractivity contribution in [2.24, 2.45) is 0 Å². The van der Waals surface area contributed by atoms with Crippen LogP contribution in [0.5, 0.6) is 5.75 Å². The van der Waals surface area contributed by atoms with Crippen molar-refractivity contribution in [3.63, 3.8) is 0 Å². The molecule has 3 nitrogen and oxygen atoms in total. The smallest absolute Gasteiger partial charge is 0.119 e. The van der Waals surface area contributed by atoms with Gasteiger partial charge in [0.1, 0.15) is 5.75 Å². The molecular weight excluding hydrogens is 248 g/mol. The van der Waals surface area contributed by atoms with Crippen molar-refractivity contribution in [2.45, 2.75) is 44.8 Å². The van der Waals surface area contributed by atoms with Crippen molar-refractivity contribution in [3.05, 3.63) is 29.8 Å². The highest BCUT2D eigenvalue weighted by molar-refractivity contribution is 5.28. The fourth-order valence-corrected chi connectivity index (χ4v) is 3.73. The minimum absolute atomic E-state index is 0.704. The van der Waals surface area contributed by atoms with Crippen molar-refractivity contribution < 1.29 is 4.74 Å². The maximum atomic E-state index is 5.34. The number of methoxy groups -OCH3 is 1. The first-order valence-electron chi connectivity index (χ1n) is 7.91. The molecule has 2 unspecified atom stereocenters. The van der Waals surface area contributed by atoms with Crippen LogP contribution in [0.3, 0.4) is 0 Å². The maximum absolute atomic E-state index is 5.34. The second kappa shape index (κ2) is 6.15. The summed E-state index contributed by atoms with van der Waals surface area (Å²) in [5.41, 5.74) is 1.37. The first kappa shape index (κ1) is 13.9. The van der Waals surface area contributed by atoms with Crippen LogP contribution in [0.2, 0.25) is 0 Å². The van der Waals surface area contributed by atoms with Gasteiger partial charge in [-0.3, -0.25) is 9.80 Å². The highest BCUT2D eigenvalue weighted by Crippen LogP contribution is 2.27. The second-order valence-electron chi connectivity index (χ2n) is 6.13. The number of nitrogens with zero attached hydrogens (tertiary/aromatic N) is 2. The Balaban J connectivity index is 1.70. The quantitative estimate of drug-likeness (QED) is 0.839. The summed E-state index contributed by atoms with van der Waals surface area (Å²) in [7, 11) is 1.74. The topological polar surface area (TPSA) is 15.7 Å². The molecule has 0 saturated carbocycles. The van der Waals surface area contributed by atoms with E-state index >= 15 is 0 Å². The van der Waals surface area contributed by atoms with Crippen LogP contribution >= 0.6 is 0 Å². The lowest BCUT2D eigenvalue weighted by Gasteiger charge is -2.43. The number of fused-ring (bicyclic) bond motifs is 1. The predicted molar refractivity (Wildman–Crippen MR) is 82.1 cm³/mol. The molecule has 3 heteroatoms. The molecular formula is C17H26N2O. The van der Waals surface area contributed by atoms with E-state index in [1.54, 1.807) is 7.11 Å². The number of hydrogen-bond donors (Lipinski definition) is 0. The van der Waals surface area contributed by atoms with Crippen LogP contribution in [0.1, 0.15) is 31.7 Å². The fourth-order valence-electron chi connectivity index (χ4n) is 3.73. The minimum Gasteiger partial charge on any atom is -0.497 e. The van der Waals surface area contributed by atoms with Gasteiger partial charge in [0.2, 0.25) is 0 Å². The Hall–Kier alpha value is -1.06. The summed E-state index contributed by atoms with van der Waals surface area (Å²) >= 11 is 0. The van der Waals surface area contributed by atoms with Crippen LogP contribution in [0.25, 0.3) is 0 Å². The molecule has 0 radical (unpaired) electrons. The largest absolute Gasteiger partial charge is 0.497 e. The zero-order valence-electron chi connectivity index (χ0n) is 12.7. The fraction of sp³-hybridized carbons (Fsp3) is 0.647. The van der Waals surface area contributed by atoms with Gasteiger partial charge in [0.15, 0.2) is 0 Å². The molecule has 0 N–H and O–H groups in total. The number of piperazine rings is 1. The number of hydrogen-bond acceptors (Lipinski definition) is 3. The summed E-state index contributed by atoms with van der Waals surface area (Å²) in [5, 5.41) is 0. The molecule has 2 aliphatic rings. The Kier molecular flexibility index (Phi) is 4.27. The van der Waals surface area contributed by atoms with Crippen LogP contribution in [0.15, 0.2) is 24.3 Å². The Bertz CT molecular complexity index is 448. The van der Waals surface area contributed by atoms with Gasteiger partial charge in [-0.25, -0.2) is 0 Å². The third-order valence-corrected chi connectivity index (χ3v) is 4.90. The first-order valence-corrected chi connectivity index (χ1v) is 7.91. The van der Waals surface area contributed by atoms with Crippen molar-refractivity contribution in [1.29, 1.82) is 0 Å². The average Bonchev–Trinajstić information content (AvgIpc) is 2.93. The molecule has 2 saturated heterocycles. The van der Waals surface area contributed by atoms with Crippen LogP contribution in [-0.2, 0) is 6.54 Å². The van der Waals surface area contributed by atoms with Gasteiger partial charge in [0.05, 0.1) is 7.11 Å². The summed E-state index contributed by atoms with van der Waals surface area (Å²) in [6.07, 6.45) is 4.01. The molecule has 1 aromatic rings. The Morgan fingerprint density at radius 1 is 1.30 bits per heavy atom. The van der Waals surface area contributed by atoms with E-state index in [9.17, 15) is 0 Å². The van der Waals surface area contributed by atoms with Gasteiger partial charge in [0, 0.05) is 31.7 Å². The van der Waals surface area contributed by atoms with Gasteiger partial charge in [-0.05, 0) is 43.5 Å². The molecule has 2 heterocycles. The predicted octanol–water partition coefficient (Wildman–Crippen LogP) is 2.75. The molecule has 2 fully saturated rings. The SMILES string of the molecule is CCC1CN2CCCC2CN1Cc1cccc(OC)c1. The summed E-state index contributed by atoms with van der Waals surface area (Å²) in [6.45, 7) is 7.18. The number of ether oxygens (including phenoxy) is 1. The van der Waals surface area contributed by atoms with Gasteiger partial charge in [0.25, 0.3) is 0 Å². The standard InChI is InChI=1S/C17H26N2O/c1-3-15-12-18-9-5-7-16(18)13-19(15)11-14-6-4-8-17(10-14)20-2/h4,6,8,10,15-16H,3,5,7,9,11-13H2,1-2H3. The molecule has 0 amide bonds. The number of rotatable bonds is 4. The van der Waals surface area contributed by atoms with Crippen LogP contribution in [0, 0.1) is 0 Å². The molecule has 0 spiro atoms. The van der Waals surface area contributed by atoms with E-state index in [1.807, 2.05) is 6.07 Å². The summed E-state index contributed by atoms with van der Waals surface area (Å²) in [4.78, 5) is 5.39. The molecule has 0 bridgehead atoms. The third-order valence-electron chi connectivity index (χ3n) is 4.90. The Morgan fingerprint density at radius 3 is 3.00 bits per heavy atom. The Morgan fingerprint density at radius 2 is 2.20 bits per heavy atom. The van der Waals surface area contributed by atoms with Crippen molar-refractivity contribution in [1.82, 2.24) is 9.80 Å². The van der Waals surface area contributed by atoms with E-state index < -0.39 is 0 Å². The molecule has 0 aliphatic carbocycles. The van der Waals surface area contributed by atoms with Gasteiger partial charge in [-0.1, -0.05) is 19.1 Å². The zero-order chi connectivity index (χ0) is 13.9. The van der Waals surface area contributed by atoms with Crippen molar-refractivity contribution in [3.8, 4) is 5.75 Å². The first-order chi connectivity index (χ1) is 9.80. The Labute approximate surface area is 122 Å². The second-order valence-corrected chi connectivity index (χ2v) is 6.13. The molecule has 0 aromatic heterocycles. The molecule has 1 aromatic carbocycles. The normalized spacial score (nSPS) is 27.5. The summed E-state index contributed by atoms with van der Waals surface area (Å²) in [6, 6.07) is 10.0. The average molecular weight is 274 g/mol. The summed E-state index contributed by atoms with van der Waals surface area (Å²) < 4.78 is 5.34. The van der Waals surface area contributed by atoms with Gasteiger partial charge in [-0.15, -0.1) is 0 Å². The third kappa shape index (κ3) is 2.84. The van der Waals surface area contributed by atoms with Gasteiger partial charge in [-0.2, -0.15) is 0 Å². The van der Waals surface area contributed by atoms with Crippen molar-refractivity contribution in [2.75, 3.05) is 26.7 Å². The lowest BCUT2D eigenvalue weighted by molar-refractivity contribution is 0.0437. The minimum atomic E-state index is 0.704. The highest BCUT2D eigenvalue weighted by Gasteiger charge is 2.35. The van der Waals surface area contributed by atoms with Crippen LogP contribution < -0.4 is 4.74 Å². The van der Waals surface area contributed by atoms with E-state index in [2.05, 4.69) is 34.9 Å². The van der Waals surface area contributed by atoms with Gasteiger partial charge >= 0.3 is 0 Å². The molecule has 20 heavy (non-hydrogen) atoms. The van der Waals surface area contributed by atoms with E-state index in [0.717, 1.165) is 18.3 Å². The van der Waals surface area contributed by atoms with Crippen LogP contribution in [-0.4, -0.2) is 48.6 Å². The lowest BCUT2D eigenvalue weighted by atomic mass is 10.0. The van der Waals surface area contributed by atoms with E-state index in [0.29, 0.717) is 6.04 Å². The molecule has 110 valence electrons. The van der Waals surface area contributed by atoms with Crippen LogP contribution in [0.4, 0.5) is 0 Å². The molecule has 2 aliphatic heterocycles. The van der Waals surface area contributed by atoms with E-state index in [1.165, 1.54) is 44.5 Å². The lowest BCUT2D eigenvalue weighted by Crippen LogP contribution is -2.55. The zero-order valence-corrected chi connectivity index (χ0v) is 12.7. The maximum Gasteiger partial charge on any atom is 0.119 e. The van der Waals surface area contributed by atoms with Gasteiger partial charge < -0.3 is 4.74 Å². The van der Waals surface area contributed by atoms with E-state index in [-0.39, 0.29) is 0 Å². The molecule has 3 rings (SSSR count). The highest BCUT2D eigenvalue weighted by atomic mass is 16.5.